The number of hydrogen-bond donors (Lipinski definition) is 0. The molecule has 0 saturated carbocycles. The van der Waals surface area contributed by atoms with Crippen molar-refractivity contribution in [3.8, 4) is 0 Å². The van der Waals surface area contributed by atoms with Gasteiger partial charge in [-0.3, -0.25) is 14.4 Å². The van der Waals surface area contributed by atoms with Crippen molar-refractivity contribution in [2.45, 2.75) is 444 Å². The fourth-order valence-corrected chi connectivity index (χ4v) is 11.8. The Labute approximate surface area is 501 Å². The first kappa shape index (κ1) is 78.4. The van der Waals surface area contributed by atoms with E-state index in [1.54, 1.807) is 0 Å². The number of hydrogen-bond acceptors (Lipinski definition) is 6. The second-order valence-corrected chi connectivity index (χ2v) is 25.6. The van der Waals surface area contributed by atoms with Crippen molar-refractivity contribution < 1.29 is 28.6 Å². The minimum absolute atomic E-state index is 0.0599. The normalized spacial score (nSPS) is 11.9. The molecule has 476 valence electrons. The van der Waals surface area contributed by atoms with E-state index in [1.807, 2.05) is 0 Å². The lowest BCUT2D eigenvalue weighted by molar-refractivity contribution is -0.167. The quantitative estimate of drug-likeness (QED) is 0.0343. The summed E-state index contributed by atoms with van der Waals surface area (Å²) >= 11 is 0. The highest BCUT2D eigenvalue weighted by Crippen LogP contribution is 2.20. The number of carbonyl (C=O) groups excluding carboxylic acids is 3. The smallest absolute Gasteiger partial charge is 0.306 e. The molecule has 0 N–H and O–H groups in total. The number of unbranched alkanes of at least 4 members (excludes halogenated alkanes) is 59. The van der Waals surface area contributed by atoms with E-state index in [2.05, 4.69) is 20.8 Å². The van der Waals surface area contributed by atoms with E-state index in [4.69, 9.17) is 14.2 Å². The largest absolute Gasteiger partial charge is 0.462 e. The molecule has 0 fully saturated rings. The van der Waals surface area contributed by atoms with Crippen molar-refractivity contribution in [1.29, 1.82) is 0 Å². The average molecular weight is 1130 g/mol. The van der Waals surface area contributed by atoms with E-state index in [1.165, 1.54) is 340 Å². The van der Waals surface area contributed by atoms with Gasteiger partial charge in [-0.05, 0) is 19.3 Å². The first-order chi connectivity index (χ1) is 39.5. The maximum atomic E-state index is 13.0. The molecule has 0 saturated heterocycles. The van der Waals surface area contributed by atoms with Crippen LogP contribution in [0.15, 0.2) is 0 Å². The molecule has 0 aliphatic heterocycles. The molecule has 0 amide bonds. The molecule has 1 unspecified atom stereocenters. The van der Waals surface area contributed by atoms with Crippen LogP contribution in [0.2, 0.25) is 0 Å². The van der Waals surface area contributed by atoms with E-state index < -0.39 is 6.10 Å². The highest BCUT2D eigenvalue weighted by atomic mass is 16.6. The monoisotopic (exact) mass is 1130 g/mol. The highest BCUT2D eigenvalue weighted by molar-refractivity contribution is 5.71. The molecule has 0 aromatic rings. The molecule has 0 bridgehead atoms. The summed E-state index contributed by atoms with van der Waals surface area (Å²) in [6.07, 6.45) is 82.9. The lowest BCUT2D eigenvalue weighted by Crippen LogP contribution is -2.30. The molecule has 0 rings (SSSR count). The Balaban J connectivity index is 4.20. The zero-order valence-electron chi connectivity index (χ0n) is 54.9. The summed E-state index contributed by atoms with van der Waals surface area (Å²) in [5, 5.41) is 0. The van der Waals surface area contributed by atoms with E-state index in [9.17, 15) is 14.4 Å². The van der Waals surface area contributed by atoms with Crippen molar-refractivity contribution >= 4 is 17.9 Å². The van der Waals surface area contributed by atoms with Gasteiger partial charge in [0.2, 0.25) is 0 Å². The van der Waals surface area contributed by atoms with Crippen LogP contribution in [0.1, 0.15) is 438 Å². The van der Waals surface area contributed by atoms with Crippen molar-refractivity contribution in [1.82, 2.24) is 0 Å². The van der Waals surface area contributed by atoms with Gasteiger partial charge in [0.25, 0.3) is 0 Å². The van der Waals surface area contributed by atoms with Gasteiger partial charge < -0.3 is 14.2 Å². The summed E-state index contributed by atoms with van der Waals surface area (Å²) in [5.41, 5.74) is 0. The van der Waals surface area contributed by atoms with E-state index >= 15 is 0 Å². The molecule has 6 nitrogen and oxygen atoms in total. The summed E-state index contributed by atoms with van der Waals surface area (Å²) < 4.78 is 17.0. The van der Waals surface area contributed by atoms with Crippen LogP contribution in [0, 0.1) is 0 Å². The van der Waals surface area contributed by atoms with Crippen LogP contribution in [0.25, 0.3) is 0 Å². The van der Waals surface area contributed by atoms with Gasteiger partial charge in [-0.1, -0.05) is 400 Å². The molecule has 1 atom stereocenters. The third-order valence-electron chi connectivity index (χ3n) is 17.4. The van der Waals surface area contributed by atoms with E-state index in [0.29, 0.717) is 19.3 Å². The van der Waals surface area contributed by atoms with Crippen LogP contribution >= 0.6 is 0 Å². The fraction of sp³-hybridized carbons (Fsp3) is 0.959. The molecule has 0 aliphatic rings. The first-order valence-corrected chi connectivity index (χ1v) is 37.0. The summed E-state index contributed by atoms with van der Waals surface area (Å²) in [6, 6.07) is 0. The van der Waals surface area contributed by atoms with Gasteiger partial charge in [0.05, 0.1) is 0 Å². The maximum absolute atomic E-state index is 13.0. The zero-order valence-corrected chi connectivity index (χ0v) is 54.9. The Morgan fingerprint density at radius 2 is 0.338 bits per heavy atom. The number of rotatable bonds is 70. The Bertz CT molecular complexity index is 1200. The fourth-order valence-electron chi connectivity index (χ4n) is 11.8. The number of ether oxygens (including phenoxy) is 3. The van der Waals surface area contributed by atoms with Gasteiger partial charge in [-0.15, -0.1) is 0 Å². The van der Waals surface area contributed by atoms with Gasteiger partial charge in [0.15, 0.2) is 6.10 Å². The summed E-state index contributed by atoms with van der Waals surface area (Å²) in [7, 11) is 0. The van der Waals surface area contributed by atoms with Gasteiger partial charge in [-0.25, -0.2) is 0 Å². The maximum Gasteiger partial charge on any atom is 0.306 e. The van der Waals surface area contributed by atoms with E-state index in [-0.39, 0.29) is 31.1 Å². The predicted octanol–water partition coefficient (Wildman–Crippen LogP) is 25.4. The first-order valence-electron chi connectivity index (χ1n) is 37.0. The van der Waals surface area contributed by atoms with Crippen molar-refractivity contribution in [3.63, 3.8) is 0 Å². The lowest BCUT2D eigenvalue weighted by atomic mass is 10.0. The van der Waals surface area contributed by atoms with Gasteiger partial charge in [0, 0.05) is 19.3 Å². The predicted molar refractivity (Wildman–Crippen MR) is 349 cm³/mol. The van der Waals surface area contributed by atoms with Crippen molar-refractivity contribution in [3.05, 3.63) is 0 Å². The summed E-state index contributed by atoms with van der Waals surface area (Å²) in [5.74, 6) is -0.816. The second-order valence-electron chi connectivity index (χ2n) is 25.6. The topological polar surface area (TPSA) is 78.9 Å². The van der Waals surface area contributed by atoms with Crippen LogP contribution in [0.5, 0.6) is 0 Å². The molecule has 0 heterocycles. The minimum Gasteiger partial charge on any atom is -0.462 e. The summed E-state index contributed by atoms with van der Waals surface area (Å²) in [6.45, 7) is 6.75. The van der Waals surface area contributed by atoms with Crippen LogP contribution in [-0.4, -0.2) is 37.2 Å². The molecule has 0 aliphatic carbocycles. The third kappa shape index (κ3) is 67.2. The molecular formula is C74H144O6. The van der Waals surface area contributed by atoms with Gasteiger partial charge in [0.1, 0.15) is 13.2 Å². The molecule has 6 heteroatoms. The van der Waals surface area contributed by atoms with Crippen molar-refractivity contribution in [2.24, 2.45) is 0 Å². The van der Waals surface area contributed by atoms with Gasteiger partial charge >= 0.3 is 17.9 Å². The van der Waals surface area contributed by atoms with Crippen LogP contribution in [-0.2, 0) is 28.6 Å². The Morgan fingerprint density at radius 3 is 0.500 bits per heavy atom. The third-order valence-corrected chi connectivity index (χ3v) is 17.4. The van der Waals surface area contributed by atoms with Crippen LogP contribution < -0.4 is 0 Å². The SMILES string of the molecule is CCCCCCCCCCCCCCCCCCCCCCCCCCCCC(=O)OCC(COC(=O)CCCCCCCCCCCCCCCCC)OC(=O)CCCCCCCCCCCCCCCCCCCCCCC. The molecule has 0 radical (unpaired) electrons. The molecule has 0 spiro atoms. The lowest BCUT2D eigenvalue weighted by Gasteiger charge is -2.18. The zero-order chi connectivity index (χ0) is 57.8. The standard InChI is InChI=1S/C74H144O6/c1-4-7-10-13-16-19-22-25-28-30-32-34-35-36-37-38-40-41-43-46-49-52-55-58-61-64-67-73(76)79-70-71(69-78-72(75)66-63-60-57-54-51-48-45-27-24-21-18-15-12-9-6-3)80-74(77)68-65-62-59-56-53-50-47-44-42-39-33-31-29-26-23-20-17-14-11-8-5-2/h71H,4-70H2,1-3H3. The van der Waals surface area contributed by atoms with Crippen LogP contribution in [0.3, 0.4) is 0 Å². The Kier molecular flexibility index (Phi) is 68.5. The number of carbonyl (C=O) groups is 3. The molecular weight excluding hydrogens is 985 g/mol. The van der Waals surface area contributed by atoms with Gasteiger partial charge in [-0.2, -0.15) is 0 Å². The molecule has 80 heavy (non-hydrogen) atoms. The molecule has 0 aromatic carbocycles. The average Bonchev–Trinajstić information content (AvgIpc) is 3.46. The minimum atomic E-state index is -0.764. The Morgan fingerprint density at radius 1 is 0.200 bits per heavy atom. The van der Waals surface area contributed by atoms with Crippen molar-refractivity contribution in [2.75, 3.05) is 13.2 Å². The number of esters is 3. The second kappa shape index (κ2) is 69.9. The summed E-state index contributed by atoms with van der Waals surface area (Å²) in [4.78, 5) is 38.5. The Hall–Kier alpha value is -1.59. The van der Waals surface area contributed by atoms with E-state index in [0.717, 1.165) is 57.8 Å². The van der Waals surface area contributed by atoms with Crippen LogP contribution in [0.4, 0.5) is 0 Å². The highest BCUT2D eigenvalue weighted by Gasteiger charge is 2.20. The molecule has 0 aromatic heterocycles.